The van der Waals surface area contributed by atoms with Crippen LogP contribution in [0.15, 0.2) is 17.5 Å². The average molecular weight is 179 g/mol. The van der Waals surface area contributed by atoms with E-state index in [1.54, 1.807) is 11.3 Å². The van der Waals surface area contributed by atoms with Gasteiger partial charge in [0.25, 0.3) is 0 Å². The lowest BCUT2D eigenvalue weighted by molar-refractivity contribution is 1.10. The van der Waals surface area contributed by atoms with Crippen LogP contribution in [0.5, 0.6) is 0 Å². The molecule has 0 aliphatic heterocycles. The van der Waals surface area contributed by atoms with Crippen LogP contribution < -0.4 is 5.73 Å². The topological polar surface area (TPSA) is 54.7 Å². The molecule has 3 N–H and O–H groups in total. The standard InChI is InChI=1S/C8H9N3S/c1-5-2-6(4-12-5)7-3-8(9)11-10-7/h2-4H,1H3,(H3,9,10,11). The number of nitrogens with two attached hydrogens (primary N) is 1. The van der Waals surface area contributed by atoms with Gasteiger partial charge in [0.15, 0.2) is 0 Å². The molecule has 2 heterocycles. The van der Waals surface area contributed by atoms with E-state index in [4.69, 9.17) is 5.73 Å². The Balaban J connectivity index is 2.43. The minimum atomic E-state index is 0.536. The lowest BCUT2D eigenvalue weighted by Gasteiger charge is -1.86. The predicted molar refractivity (Wildman–Crippen MR) is 51.1 cm³/mol. The molecule has 0 amide bonds. The van der Waals surface area contributed by atoms with Crippen molar-refractivity contribution in [1.82, 2.24) is 10.2 Å². The Bertz CT molecular complexity index is 350. The summed E-state index contributed by atoms with van der Waals surface area (Å²) in [6.07, 6.45) is 0. The largest absolute Gasteiger partial charge is 0.382 e. The second-order valence-corrected chi connectivity index (χ2v) is 3.77. The summed E-state index contributed by atoms with van der Waals surface area (Å²) < 4.78 is 0. The lowest BCUT2D eigenvalue weighted by Crippen LogP contribution is -1.81. The van der Waals surface area contributed by atoms with Crippen molar-refractivity contribution < 1.29 is 0 Å². The summed E-state index contributed by atoms with van der Waals surface area (Å²) in [4.78, 5) is 1.29. The maximum atomic E-state index is 5.48. The third-order valence-corrected chi connectivity index (χ3v) is 2.50. The number of aryl methyl sites for hydroxylation is 1. The molecule has 0 aliphatic rings. The molecule has 0 aliphatic carbocycles. The van der Waals surface area contributed by atoms with Gasteiger partial charge in [0.05, 0.1) is 5.69 Å². The highest BCUT2D eigenvalue weighted by atomic mass is 32.1. The molecule has 0 bridgehead atoms. The van der Waals surface area contributed by atoms with Crippen LogP contribution in [0, 0.1) is 6.92 Å². The average Bonchev–Trinajstić information content (AvgIpc) is 2.58. The van der Waals surface area contributed by atoms with Crippen molar-refractivity contribution in [3.63, 3.8) is 0 Å². The normalized spacial score (nSPS) is 10.4. The summed E-state index contributed by atoms with van der Waals surface area (Å²) in [6.45, 7) is 2.08. The molecule has 3 nitrogen and oxygen atoms in total. The van der Waals surface area contributed by atoms with Crippen molar-refractivity contribution in [1.29, 1.82) is 0 Å². The van der Waals surface area contributed by atoms with E-state index in [0.29, 0.717) is 5.82 Å². The van der Waals surface area contributed by atoms with Crippen molar-refractivity contribution in [3.05, 3.63) is 22.4 Å². The zero-order valence-corrected chi connectivity index (χ0v) is 7.48. The molecule has 0 fully saturated rings. The van der Waals surface area contributed by atoms with Crippen molar-refractivity contribution in [2.75, 3.05) is 5.73 Å². The first-order valence-electron chi connectivity index (χ1n) is 3.62. The number of nitrogens with one attached hydrogen (secondary N) is 1. The molecule has 12 heavy (non-hydrogen) atoms. The van der Waals surface area contributed by atoms with Crippen LogP contribution in [-0.2, 0) is 0 Å². The summed E-state index contributed by atoms with van der Waals surface area (Å²) in [6, 6.07) is 3.94. The quantitative estimate of drug-likeness (QED) is 0.703. The zero-order valence-electron chi connectivity index (χ0n) is 6.66. The number of anilines is 1. The molecule has 4 heteroatoms. The minimum absolute atomic E-state index is 0.536. The van der Waals surface area contributed by atoms with E-state index in [1.807, 2.05) is 6.07 Å². The van der Waals surface area contributed by atoms with Gasteiger partial charge in [-0.3, -0.25) is 5.10 Å². The Morgan fingerprint density at radius 2 is 2.33 bits per heavy atom. The van der Waals surface area contributed by atoms with E-state index < -0.39 is 0 Å². The van der Waals surface area contributed by atoms with E-state index in [9.17, 15) is 0 Å². The molecule has 2 aromatic heterocycles. The number of hydrogen-bond acceptors (Lipinski definition) is 3. The van der Waals surface area contributed by atoms with Crippen LogP contribution in [0.25, 0.3) is 11.3 Å². The first-order chi connectivity index (χ1) is 5.75. The maximum Gasteiger partial charge on any atom is 0.145 e. The number of nitrogens with zero attached hydrogens (tertiary/aromatic N) is 1. The van der Waals surface area contributed by atoms with E-state index >= 15 is 0 Å². The summed E-state index contributed by atoms with van der Waals surface area (Å²) in [5.41, 5.74) is 7.62. The van der Waals surface area contributed by atoms with Gasteiger partial charge in [-0.1, -0.05) is 0 Å². The Morgan fingerprint density at radius 1 is 1.50 bits per heavy atom. The van der Waals surface area contributed by atoms with Gasteiger partial charge in [0.1, 0.15) is 5.82 Å². The van der Waals surface area contributed by atoms with Gasteiger partial charge in [0.2, 0.25) is 0 Å². The van der Waals surface area contributed by atoms with Gasteiger partial charge in [-0.15, -0.1) is 11.3 Å². The molecule has 2 rings (SSSR count). The molecule has 0 unspecified atom stereocenters. The molecular weight excluding hydrogens is 170 g/mol. The van der Waals surface area contributed by atoms with Gasteiger partial charge < -0.3 is 5.73 Å². The van der Waals surface area contributed by atoms with Crippen LogP contribution in [0.4, 0.5) is 5.82 Å². The van der Waals surface area contributed by atoms with E-state index in [2.05, 4.69) is 28.6 Å². The van der Waals surface area contributed by atoms with Crippen LogP contribution in [0.3, 0.4) is 0 Å². The van der Waals surface area contributed by atoms with Crippen molar-refractivity contribution in [2.45, 2.75) is 6.92 Å². The fourth-order valence-corrected chi connectivity index (χ4v) is 1.77. The summed E-state index contributed by atoms with van der Waals surface area (Å²) >= 11 is 1.72. The number of aromatic amines is 1. The van der Waals surface area contributed by atoms with Crippen LogP contribution >= 0.6 is 11.3 Å². The molecule has 0 spiro atoms. The number of aromatic nitrogens is 2. The molecule has 0 saturated carbocycles. The smallest absolute Gasteiger partial charge is 0.145 e. The molecule has 0 aromatic carbocycles. The SMILES string of the molecule is Cc1cc(-c2cc(N)n[nH]2)cs1. The first-order valence-corrected chi connectivity index (χ1v) is 4.50. The highest BCUT2D eigenvalue weighted by Crippen LogP contribution is 2.23. The Morgan fingerprint density at radius 3 is 2.83 bits per heavy atom. The van der Waals surface area contributed by atoms with E-state index in [1.165, 1.54) is 4.88 Å². The first kappa shape index (κ1) is 7.36. The van der Waals surface area contributed by atoms with Crippen LogP contribution in [0.2, 0.25) is 0 Å². The number of nitrogen functional groups attached to an aromatic ring is 1. The Labute approximate surface area is 74.2 Å². The molecule has 0 radical (unpaired) electrons. The van der Waals surface area contributed by atoms with Crippen LogP contribution in [0.1, 0.15) is 4.88 Å². The highest BCUT2D eigenvalue weighted by Gasteiger charge is 2.02. The van der Waals surface area contributed by atoms with Gasteiger partial charge in [-0.25, -0.2) is 0 Å². The van der Waals surface area contributed by atoms with Crippen molar-refractivity contribution in [2.24, 2.45) is 0 Å². The van der Waals surface area contributed by atoms with E-state index in [-0.39, 0.29) is 0 Å². The Hall–Kier alpha value is -1.29. The van der Waals surface area contributed by atoms with Crippen molar-refractivity contribution >= 4 is 17.2 Å². The maximum absolute atomic E-state index is 5.48. The third kappa shape index (κ3) is 1.21. The minimum Gasteiger partial charge on any atom is -0.382 e. The second kappa shape index (κ2) is 2.64. The fraction of sp³-hybridized carbons (Fsp3) is 0.125. The van der Waals surface area contributed by atoms with Gasteiger partial charge >= 0.3 is 0 Å². The predicted octanol–water partition coefficient (Wildman–Crippen LogP) is 2.03. The monoisotopic (exact) mass is 179 g/mol. The molecule has 0 atom stereocenters. The lowest BCUT2D eigenvalue weighted by atomic mass is 10.2. The highest BCUT2D eigenvalue weighted by molar-refractivity contribution is 7.10. The number of H-pyrrole nitrogens is 1. The number of thiophene rings is 1. The molecule has 0 saturated heterocycles. The second-order valence-electron chi connectivity index (χ2n) is 2.65. The number of hydrogen-bond donors (Lipinski definition) is 2. The van der Waals surface area contributed by atoms with Gasteiger partial charge in [-0.2, -0.15) is 5.10 Å². The number of rotatable bonds is 1. The summed E-state index contributed by atoms with van der Waals surface area (Å²) in [5, 5.41) is 8.81. The zero-order chi connectivity index (χ0) is 8.55. The molecular formula is C8H9N3S. The van der Waals surface area contributed by atoms with Gasteiger partial charge in [-0.05, 0) is 13.0 Å². The fourth-order valence-electron chi connectivity index (χ4n) is 1.07. The summed E-state index contributed by atoms with van der Waals surface area (Å²) in [7, 11) is 0. The van der Waals surface area contributed by atoms with Crippen molar-refractivity contribution in [3.8, 4) is 11.3 Å². The molecule has 62 valence electrons. The third-order valence-electron chi connectivity index (χ3n) is 1.64. The van der Waals surface area contributed by atoms with E-state index in [0.717, 1.165) is 11.3 Å². The molecule has 2 aromatic rings. The van der Waals surface area contributed by atoms with Crippen LogP contribution in [-0.4, -0.2) is 10.2 Å². The van der Waals surface area contributed by atoms with Gasteiger partial charge in [0, 0.05) is 21.9 Å². The summed E-state index contributed by atoms with van der Waals surface area (Å²) in [5.74, 6) is 0.536. The Kier molecular flexibility index (Phi) is 1.62.